The summed E-state index contributed by atoms with van der Waals surface area (Å²) in [6, 6.07) is 24.2. The Kier molecular flexibility index (Phi) is 6.62. The van der Waals surface area contributed by atoms with E-state index in [1.165, 1.54) is 18.5 Å². The highest BCUT2D eigenvalue weighted by Gasteiger charge is 2.12. The molecule has 1 amide bonds. The van der Waals surface area contributed by atoms with E-state index >= 15 is 0 Å². The maximum Gasteiger partial charge on any atom is 0.277 e. The van der Waals surface area contributed by atoms with Gasteiger partial charge in [-0.3, -0.25) is 4.79 Å². The third-order valence-corrected chi connectivity index (χ3v) is 5.45. The lowest BCUT2D eigenvalue weighted by Gasteiger charge is -2.18. The molecule has 1 saturated heterocycles. The predicted molar refractivity (Wildman–Crippen MR) is 126 cm³/mol. The normalized spacial score (nSPS) is 13.5. The van der Waals surface area contributed by atoms with Gasteiger partial charge in [0.2, 0.25) is 0 Å². The molecule has 0 saturated carbocycles. The first kappa shape index (κ1) is 20.7. The van der Waals surface area contributed by atoms with Crippen LogP contribution in [0.2, 0.25) is 0 Å². The largest absolute Gasteiger partial charge is 0.484 e. The molecule has 158 valence electrons. The monoisotopic (exact) mass is 413 g/mol. The fraction of sp³-hybridized carbons (Fsp3) is 0.231. The van der Waals surface area contributed by atoms with Gasteiger partial charge in [0.15, 0.2) is 6.61 Å². The third-order valence-electron chi connectivity index (χ3n) is 5.45. The molecule has 3 aromatic rings. The first-order valence-electron chi connectivity index (χ1n) is 10.6. The van der Waals surface area contributed by atoms with Gasteiger partial charge in [0, 0.05) is 18.8 Å². The number of carbonyl (C=O) groups is 1. The number of aryl methyl sites for hydroxylation is 1. The van der Waals surface area contributed by atoms with Crippen LogP contribution in [0, 0.1) is 6.92 Å². The molecule has 1 aliphatic heterocycles. The van der Waals surface area contributed by atoms with E-state index in [4.69, 9.17) is 4.74 Å². The molecule has 0 bridgehead atoms. The van der Waals surface area contributed by atoms with E-state index in [1.54, 1.807) is 6.21 Å². The highest BCUT2D eigenvalue weighted by atomic mass is 16.5. The molecular weight excluding hydrogens is 386 g/mol. The van der Waals surface area contributed by atoms with Crippen LogP contribution in [0.5, 0.6) is 5.75 Å². The molecule has 3 aromatic carbocycles. The lowest BCUT2D eigenvalue weighted by Crippen LogP contribution is -2.24. The van der Waals surface area contributed by atoms with Crippen molar-refractivity contribution in [3.05, 3.63) is 83.9 Å². The van der Waals surface area contributed by atoms with Gasteiger partial charge < -0.3 is 9.64 Å². The Balaban J connectivity index is 1.26. The second-order valence-electron chi connectivity index (χ2n) is 7.71. The van der Waals surface area contributed by atoms with Gasteiger partial charge in [0.1, 0.15) is 5.75 Å². The minimum Gasteiger partial charge on any atom is -0.484 e. The summed E-state index contributed by atoms with van der Waals surface area (Å²) in [5.74, 6) is 0.349. The molecule has 1 N–H and O–H groups in total. The maximum absolute atomic E-state index is 12.1. The van der Waals surface area contributed by atoms with Crippen LogP contribution in [0.25, 0.3) is 11.1 Å². The van der Waals surface area contributed by atoms with Crippen molar-refractivity contribution >= 4 is 17.8 Å². The van der Waals surface area contributed by atoms with Crippen molar-refractivity contribution in [2.75, 3.05) is 24.6 Å². The number of hydrogen-bond donors (Lipinski definition) is 1. The smallest absolute Gasteiger partial charge is 0.277 e. The van der Waals surface area contributed by atoms with Crippen molar-refractivity contribution in [2.45, 2.75) is 19.8 Å². The number of benzene rings is 3. The number of ether oxygens (including phenoxy) is 1. The molecule has 1 aliphatic rings. The number of nitrogens with one attached hydrogen (secondary N) is 1. The quantitative estimate of drug-likeness (QED) is 0.448. The van der Waals surface area contributed by atoms with Gasteiger partial charge in [-0.1, -0.05) is 48.5 Å². The minimum atomic E-state index is -0.297. The number of hydrogen-bond acceptors (Lipinski definition) is 4. The zero-order valence-electron chi connectivity index (χ0n) is 17.8. The summed E-state index contributed by atoms with van der Waals surface area (Å²) in [6.45, 7) is 4.22. The Bertz CT molecular complexity index is 1040. The van der Waals surface area contributed by atoms with E-state index in [2.05, 4.69) is 46.6 Å². The van der Waals surface area contributed by atoms with E-state index in [-0.39, 0.29) is 12.5 Å². The Morgan fingerprint density at radius 3 is 2.42 bits per heavy atom. The van der Waals surface area contributed by atoms with E-state index < -0.39 is 0 Å². The summed E-state index contributed by atoms with van der Waals surface area (Å²) in [6.07, 6.45) is 4.19. The van der Waals surface area contributed by atoms with Crippen LogP contribution in [0.4, 0.5) is 5.69 Å². The second kappa shape index (κ2) is 9.94. The number of carbonyl (C=O) groups excluding carboxylic acids is 1. The molecule has 0 atom stereocenters. The van der Waals surface area contributed by atoms with Gasteiger partial charge in [-0.15, -0.1) is 0 Å². The van der Waals surface area contributed by atoms with Crippen LogP contribution in [0.3, 0.4) is 0 Å². The van der Waals surface area contributed by atoms with Crippen LogP contribution in [0.15, 0.2) is 77.9 Å². The number of amides is 1. The van der Waals surface area contributed by atoms with Crippen molar-refractivity contribution in [2.24, 2.45) is 5.10 Å². The van der Waals surface area contributed by atoms with E-state index in [0.29, 0.717) is 5.75 Å². The van der Waals surface area contributed by atoms with Crippen molar-refractivity contribution in [1.29, 1.82) is 0 Å². The first-order valence-corrected chi connectivity index (χ1v) is 10.6. The summed E-state index contributed by atoms with van der Waals surface area (Å²) in [4.78, 5) is 14.5. The third kappa shape index (κ3) is 5.51. The highest BCUT2D eigenvalue weighted by Crippen LogP contribution is 2.23. The molecule has 0 aromatic heterocycles. The molecule has 0 aliphatic carbocycles. The molecule has 0 spiro atoms. The second-order valence-corrected chi connectivity index (χ2v) is 7.71. The molecule has 4 rings (SSSR count). The van der Waals surface area contributed by atoms with Crippen molar-refractivity contribution < 1.29 is 9.53 Å². The van der Waals surface area contributed by atoms with Crippen LogP contribution >= 0.6 is 0 Å². The maximum atomic E-state index is 12.1. The van der Waals surface area contributed by atoms with E-state index in [1.807, 2.05) is 48.5 Å². The molecular formula is C26H27N3O2. The molecule has 31 heavy (non-hydrogen) atoms. The minimum absolute atomic E-state index is 0.0884. The zero-order valence-corrected chi connectivity index (χ0v) is 17.8. The number of hydrazone groups is 1. The van der Waals surface area contributed by atoms with Gasteiger partial charge in [-0.25, -0.2) is 5.43 Å². The standard InChI is InChI=1S/C26H27N3O2/c1-20-17-24(29-15-5-6-16-29)12-9-23(20)18-27-28-26(30)19-31-25-13-10-22(11-14-25)21-7-3-2-4-8-21/h2-4,7-14,17-18H,5-6,15-16,19H2,1H3,(H,28,30)/b27-18+. The van der Waals surface area contributed by atoms with Crippen LogP contribution < -0.4 is 15.1 Å². The Labute approximate surface area is 183 Å². The fourth-order valence-corrected chi connectivity index (χ4v) is 3.71. The number of nitrogens with zero attached hydrogens (tertiary/aromatic N) is 2. The van der Waals surface area contributed by atoms with E-state index in [9.17, 15) is 4.79 Å². The summed E-state index contributed by atoms with van der Waals surface area (Å²) in [5, 5.41) is 4.08. The Morgan fingerprint density at radius 2 is 1.71 bits per heavy atom. The molecule has 5 heteroatoms. The summed E-state index contributed by atoms with van der Waals surface area (Å²) in [5.41, 5.74) is 8.15. The predicted octanol–water partition coefficient (Wildman–Crippen LogP) is 4.79. The highest BCUT2D eigenvalue weighted by molar-refractivity contribution is 5.85. The Hall–Kier alpha value is -3.60. The lowest BCUT2D eigenvalue weighted by molar-refractivity contribution is -0.123. The Morgan fingerprint density at radius 1 is 1.00 bits per heavy atom. The summed E-state index contributed by atoms with van der Waals surface area (Å²) in [7, 11) is 0. The van der Waals surface area contributed by atoms with E-state index in [0.717, 1.165) is 35.3 Å². The number of anilines is 1. The van der Waals surface area contributed by atoms with Gasteiger partial charge in [0.05, 0.1) is 6.21 Å². The van der Waals surface area contributed by atoms with Crippen molar-refractivity contribution in [3.63, 3.8) is 0 Å². The average Bonchev–Trinajstić information content (AvgIpc) is 3.35. The average molecular weight is 414 g/mol. The SMILES string of the molecule is Cc1cc(N2CCCC2)ccc1/C=N/NC(=O)COc1ccc(-c2ccccc2)cc1. The van der Waals surface area contributed by atoms with Crippen LogP contribution in [-0.2, 0) is 4.79 Å². The van der Waals surface area contributed by atoms with Crippen molar-refractivity contribution in [1.82, 2.24) is 5.43 Å². The fourth-order valence-electron chi connectivity index (χ4n) is 3.71. The van der Waals surface area contributed by atoms with Crippen LogP contribution in [-0.4, -0.2) is 31.8 Å². The first-order chi connectivity index (χ1) is 15.2. The van der Waals surface area contributed by atoms with Gasteiger partial charge in [-0.2, -0.15) is 5.10 Å². The molecule has 5 nitrogen and oxygen atoms in total. The topological polar surface area (TPSA) is 53.9 Å². The molecule has 1 heterocycles. The van der Waals surface area contributed by atoms with Gasteiger partial charge >= 0.3 is 0 Å². The molecule has 0 radical (unpaired) electrons. The lowest BCUT2D eigenvalue weighted by atomic mass is 10.1. The zero-order chi connectivity index (χ0) is 21.5. The van der Waals surface area contributed by atoms with Crippen molar-refractivity contribution in [3.8, 4) is 16.9 Å². The van der Waals surface area contributed by atoms with Gasteiger partial charge in [0.25, 0.3) is 5.91 Å². The van der Waals surface area contributed by atoms with Crippen LogP contribution in [0.1, 0.15) is 24.0 Å². The summed E-state index contributed by atoms with van der Waals surface area (Å²) < 4.78 is 5.57. The molecule has 0 unspecified atom stereocenters. The number of rotatable bonds is 7. The van der Waals surface area contributed by atoms with Gasteiger partial charge in [-0.05, 0) is 66.3 Å². The molecule has 1 fully saturated rings. The summed E-state index contributed by atoms with van der Waals surface area (Å²) >= 11 is 0.